The van der Waals surface area contributed by atoms with Crippen LogP contribution in [0.1, 0.15) is 24.0 Å². The van der Waals surface area contributed by atoms with Crippen molar-refractivity contribution in [3.05, 3.63) is 70.8 Å². The van der Waals surface area contributed by atoms with Crippen molar-refractivity contribution in [1.82, 2.24) is 4.90 Å². The van der Waals surface area contributed by atoms with Gasteiger partial charge in [-0.05, 0) is 66.3 Å². The van der Waals surface area contributed by atoms with Crippen molar-refractivity contribution < 1.29 is 14.3 Å². The fourth-order valence-corrected chi connectivity index (χ4v) is 3.77. The number of hydrogen-bond donors (Lipinski definition) is 0. The van der Waals surface area contributed by atoms with Gasteiger partial charge in [-0.1, -0.05) is 24.3 Å². The second-order valence-electron chi connectivity index (χ2n) is 7.83. The number of benzene rings is 2. The van der Waals surface area contributed by atoms with E-state index in [9.17, 15) is 4.79 Å². The molecule has 0 N–H and O–H groups in total. The molecule has 1 saturated carbocycles. The van der Waals surface area contributed by atoms with E-state index < -0.39 is 0 Å². The number of carbonyl (C=O) groups is 1. The molecule has 0 aromatic heterocycles. The molecule has 4 rings (SSSR count). The molecule has 2 fully saturated rings. The summed E-state index contributed by atoms with van der Waals surface area (Å²) in [6.45, 7) is 2.45. The monoisotopic (exact) mass is 389 g/mol. The number of nitrogens with zero attached hydrogens (tertiary/aromatic N) is 1. The number of hydrogen-bond acceptors (Lipinski definition) is 4. The van der Waals surface area contributed by atoms with E-state index in [1.165, 1.54) is 12.8 Å². The predicted molar refractivity (Wildman–Crippen MR) is 116 cm³/mol. The lowest BCUT2D eigenvalue weighted by Crippen LogP contribution is -2.38. The highest BCUT2D eigenvalue weighted by Gasteiger charge is 2.30. The van der Waals surface area contributed by atoms with E-state index >= 15 is 0 Å². The number of carbonyl (C=O) groups excluding carboxylic acids is 1. The lowest BCUT2D eigenvalue weighted by Gasteiger charge is -2.30. The van der Waals surface area contributed by atoms with E-state index in [1.807, 2.05) is 60.7 Å². The first-order valence-corrected chi connectivity index (χ1v) is 10.1. The van der Waals surface area contributed by atoms with Gasteiger partial charge in [0.2, 0.25) is 0 Å². The fraction of sp³-hybridized carbons (Fsp3) is 0.320. The van der Waals surface area contributed by atoms with Crippen LogP contribution in [0.4, 0.5) is 0 Å². The molecular weight excluding hydrogens is 362 g/mol. The Kier molecular flexibility index (Phi) is 5.81. The average Bonchev–Trinajstić information content (AvgIpc) is 3.55. The Labute approximate surface area is 172 Å². The molecule has 1 saturated heterocycles. The van der Waals surface area contributed by atoms with Gasteiger partial charge in [0.05, 0.1) is 14.2 Å². The Morgan fingerprint density at radius 2 is 1.41 bits per heavy atom. The largest absolute Gasteiger partial charge is 0.497 e. The summed E-state index contributed by atoms with van der Waals surface area (Å²) >= 11 is 0. The van der Waals surface area contributed by atoms with E-state index in [-0.39, 0.29) is 5.78 Å². The number of likely N-dealkylation sites (tertiary alicyclic amines) is 1. The summed E-state index contributed by atoms with van der Waals surface area (Å²) in [4.78, 5) is 15.7. The molecule has 1 aliphatic carbocycles. The molecule has 1 heterocycles. The molecule has 2 aliphatic rings. The number of rotatable bonds is 6. The van der Waals surface area contributed by atoms with E-state index in [2.05, 4.69) is 4.90 Å². The van der Waals surface area contributed by atoms with Crippen LogP contribution in [0.3, 0.4) is 0 Å². The SMILES string of the molecule is COc1cccc(/C=C2/CN(CC3CC3)C/C(=C/c3cccc(OC)c3)C2=O)c1. The van der Waals surface area contributed by atoms with Crippen LogP contribution in [0.25, 0.3) is 12.2 Å². The minimum atomic E-state index is 0.127. The van der Waals surface area contributed by atoms with Crippen LogP contribution >= 0.6 is 0 Å². The van der Waals surface area contributed by atoms with Crippen LogP contribution in [0.5, 0.6) is 11.5 Å². The summed E-state index contributed by atoms with van der Waals surface area (Å²) < 4.78 is 10.7. The first-order valence-electron chi connectivity index (χ1n) is 10.1. The van der Waals surface area contributed by atoms with Gasteiger partial charge < -0.3 is 9.47 Å². The van der Waals surface area contributed by atoms with Crippen molar-refractivity contribution in [2.75, 3.05) is 33.9 Å². The third-order valence-corrected chi connectivity index (χ3v) is 5.45. The van der Waals surface area contributed by atoms with Gasteiger partial charge in [-0.15, -0.1) is 0 Å². The normalized spacial score (nSPS) is 20.3. The summed E-state index contributed by atoms with van der Waals surface area (Å²) in [5.74, 6) is 2.50. The Morgan fingerprint density at radius 3 is 1.86 bits per heavy atom. The molecule has 4 heteroatoms. The maximum atomic E-state index is 13.3. The highest BCUT2D eigenvalue weighted by atomic mass is 16.5. The minimum absolute atomic E-state index is 0.127. The van der Waals surface area contributed by atoms with Crippen LogP contribution in [0.2, 0.25) is 0 Å². The van der Waals surface area contributed by atoms with Gasteiger partial charge in [0.25, 0.3) is 0 Å². The number of piperidine rings is 1. The molecule has 1 aliphatic heterocycles. The molecule has 0 spiro atoms. The average molecular weight is 389 g/mol. The van der Waals surface area contributed by atoms with Crippen LogP contribution < -0.4 is 9.47 Å². The Morgan fingerprint density at radius 1 is 0.897 bits per heavy atom. The Balaban J connectivity index is 1.65. The van der Waals surface area contributed by atoms with Crippen LogP contribution in [-0.2, 0) is 4.79 Å². The summed E-state index contributed by atoms with van der Waals surface area (Å²) in [5, 5.41) is 0. The molecular formula is C25H27NO3. The lowest BCUT2D eigenvalue weighted by molar-refractivity contribution is -0.113. The zero-order valence-electron chi connectivity index (χ0n) is 17.1. The summed E-state index contributed by atoms with van der Waals surface area (Å²) in [6, 6.07) is 15.7. The van der Waals surface area contributed by atoms with Gasteiger partial charge in [0, 0.05) is 30.8 Å². The van der Waals surface area contributed by atoms with Crippen molar-refractivity contribution in [2.24, 2.45) is 5.92 Å². The van der Waals surface area contributed by atoms with Crippen LogP contribution in [-0.4, -0.2) is 44.5 Å². The summed E-state index contributed by atoms with van der Waals surface area (Å²) in [6.07, 6.45) is 6.61. The van der Waals surface area contributed by atoms with Crippen molar-refractivity contribution in [2.45, 2.75) is 12.8 Å². The maximum Gasteiger partial charge on any atom is 0.187 e. The standard InChI is InChI=1S/C25H27NO3/c1-28-23-7-3-5-19(13-23)11-21-16-26(15-18-9-10-18)17-22(25(21)27)12-20-6-4-8-24(14-20)29-2/h3-8,11-14,18H,9-10,15-17H2,1-2H3/b21-11-,22-12-. The molecule has 0 radical (unpaired) electrons. The first kappa shape index (κ1) is 19.5. The van der Waals surface area contributed by atoms with Gasteiger partial charge in [-0.3, -0.25) is 9.69 Å². The number of methoxy groups -OCH3 is 2. The summed E-state index contributed by atoms with van der Waals surface area (Å²) in [7, 11) is 3.31. The predicted octanol–water partition coefficient (Wildman–Crippen LogP) is 4.47. The van der Waals surface area contributed by atoms with Crippen molar-refractivity contribution >= 4 is 17.9 Å². The van der Waals surface area contributed by atoms with Gasteiger partial charge in [0.15, 0.2) is 5.78 Å². The maximum absolute atomic E-state index is 13.3. The second-order valence-corrected chi connectivity index (χ2v) is 7.83. The summed E-state index contributed by atoms with van der Waals surface area (Å²) in [5.41, 5.74) is 3.64. The highest BCUT2D eigenvalue weighted by Crippen LogP contribution is 2.32. The van der Waals surface area contributed by atoms with Crippen molar-refractivity contribution in [3.63, 3.8) is 0 Å². The molecule has 150 valence electrons. The lowest BCUT2D eigenvalue weighted by atomic mass is 9.94. The van der Waals surface area contributed by atoms with Gasteiger partial charge in [0.1, 0.15) is 11.5 Å². The minimum Gasteiger partial charge on any atom is -0.497 e. The van der Waals surface area contributed by atoms with Crippen molar-refractivity contribution in [1.29, 1.82) is 0 Å². The molecule has 29 heavy (non-hydrogen) atoms. The molecule has 0 unspecified atom stereocenters. The van der Waals surface area contributed by atoms with Crippen molar-refractivity contribution in [3.8, 4) is 11.5 Å². The molecule has 0 amide bonds. The van der Waals surface area contributed by atoms with Crippen LogP contribution in [0, 0.1) is 5.92 Å². The molecule has 0 bridgehead atoms. The smallest absolute Gasteiger partial charge is 0.187 e. The molecule has 2 aromatic carbocycles. The third kappa shape index (κ3) is 4.96. The zero-order valence-corrected chi connectivity index (χ0v) is 17.1. The molecule has 0 atom stereocenters. The van der Waals surface area contributed by atoms with E-state index in [0.717, 1.165) is 46.2 Å². The highest BCUT2D eigenvalue weighted by molar-refractivity contribution is 6.14. The number of ketones is 1. The molecule has 4 nitrogen and oxygen atoms in total. The quantitative estimate of drug-likeness (QED) is 0.684. The first-order chi connectivity index (χ1) is 14.1. The van der Waals surface area contributed by atoms with Crippen LogP contribution in [0.15, 0.2) is 59.7 Å². The third-order valence-electron chi connectivity index (χ3n) is 5.45. The Hall–Kier alpha value is -2.85. The topological polar surface area (TPSA) is 38.8 Å². The molecule has 2 aromatic rings. The van der Waals surface area contributed by atoms with Gasteiger partial charge in [-0.2, -0.15) is 0 Å². The van der Waals surface area contributed by atoms with Gasteiger partial charge in [-0.25, -0.2) is 0 Å². The van der Waals surface area contributed by atoms with Gasteiger partial charge >= 0.3 is 0 Å². The fourth-order valence-electron chi connectivity index (χ4n) is 3.77. The zero-order chi connectivity index (χ0) is 20.2. The number of ether oxygens (including phenoxy) is 2. The van der Waals surface area contributed by atoms with E-state index in [0.29, 0.717) is 13.1 Å². The van der Waals surface area contributed by atoms with E-state index in [1.54, 1.807) is 14.2 Å². The number of Topliss-reactive ketones (excluding diaryl/α,β-unsaturated/α-hetero) is 1. The second kappa shape index (κ2) is 8.66. The Bertz CT molecular complexity index is 887. The van der Waals surface area contributed by atoms with E-state index in [4.69, 9.17) is 9.47 Å².